The van der Waals surface area contributed by atoms with Crippen molar-refractivity contribution in [3.8, 4) is 0 Å². The van der Waals surface area contributed by atoms with E-state index in [9.17, 15) is 0 Å². The third-order valence-corrected chi connectivity index (χ3v) is 4.04. The molecule has 0 aliphatic heterocycles. The molecule has 0 rings (SSSR count). The SMILES string of the molecule is CCCCCC(C)(CCCCC)C(N)CC.O. The molecule has 2 heteroatoms. The van der Waals surface area contributed by atoms with E-state index in [1.807, 2.05) is 0 Å². The van der Waals surface area contributed by atoms with E-state index in [-0.39, 0.29) is 5.48 Å². The van der Waals surface area contributed by atoms with E-state index in [2.05, 4.69) is 27.7 Å². The van der Waals surface area contributed by atoms with E-state index in [1.54, 1.807) is 0 Å². The average molecular weight is 245 g/mol. The van der Waals surface area contributed by atoms with Crippen LogP contribution in [0.1, 0.15) is 85.5 Å². The van der Waals surface area contributed by atoms with Gasteiger partial charge in [0.05, 0.1) is 0 Å². The van der Waals surface area contributed by atoms with Crippen LogP contribution in [-0.2, 0) is 0 Å². The maximum Gasteiger partial charge on any atom is 0.00902 e. The molecule has 0 aromatic heterocycles. The van der Waals surface area contributed by atoms with Crippen molar-refractivity contribution in [1.29, 1.82) is 0 Å². The molecule has 0 spiro atoms. The molecule has 4 N–H and O–H groups in total. The van der Waals surface area contributed by atoms with Gasteiger partial charge in [0.1, 0.15) is 0 Å². The molecule has 0 aromatic rings. The molecule has 2 nitrogen and oxygen atoms in total. The molecular weight excluding hydrogens is 210 g/mol. The Hall–Kier alpha value is -0.0800. The number of hydrogen-bond donors (Lipinski definition) is 1. The van der Waals surface area contributed by atoms with Crippen molar-refractivity contribution >= 4 is 0 Å². The Labute approximate surface area is 109 Å². The molecule has 1 atom stereocenters. The van der Waals surface area contributed by atoms with Crippen molar-refractivity contribution in [1.82, 2.24) is 0 Å². The molecule has 0 aromatic carbocycles. The average Bonchev–Trinajstić information content (AvgIpc) is 2.28. The van der Waals surface area contributed by atoms with Crippen LogP contribution in [0.2, 0.25) is 0 Å². The topological polar surface area (TPSA) is 57.5 Å². The molecule has 0 saturated carbocycles. The van der Waals surface area contributed by atoms with E-state index in [4.69, 9.17) is 5.73 Å². The standard InChI is InChI=1S/C15H33N.H2O/c1-5-8-10-12-15(4,14(16)7-3)13-11-9-6-2;/h14H,5-13,16H2,1-4H3;1H2. The monoisotopic (exact) mass is 245 g/mol. The number of unbranched alkanes of at least 4 members (excludes halogenated alkanes) is 4. The van der Waals surface area contributed by atoms with Crippen molar-refractivity contribution in [3.05, 3.63) is 0 Å². The van der Waals surface area contributed by atoms with Crippen LogP contribution in [-0.4, -0.2) is 11.5 Å². The van der Waals surface area contributed by atoms with E-state index in [0.717, 1.165) is 6.42 Å². The molecule has 106 valence electrons. The predicted molar refractivity (Wildman–Crippen MR) is 78.3 cm³/mol. The Bertz CT molecular complexity index is 149. The summed E-state index contributed by atoms with van der Waals surface area (Å²) in [6, 6.07) is 0.390. The molecule has 0 aliphatic rings. The first-order valence-electron chi connectivity index (χ1n) is 7.36. The fraction of sp³-hybridized carbons (Fsp3) is 1.00. The molecule has 0 fully saturated rings. The van der Waals surface area contributed by atoms with Crippen LogP contribution < -0.4 is 5.73 Å². The second-order valence-electron chi connectivity index (χ2n) is 5.58. The summed E-state index contributed by atoms with van der Waals surface area (Å²) in [6.07, 6.45) is 11.8. The predicted octanol–water partition coefficient (Wildman–Crippen LogP) is 4.07. The van der Waals surface area contributed by atoms with Gasteiger partial charge in [-0.3, -0.25) is 0 Å². The molecular formula is C15H35NO. The maximum atomic E-state index is 6.32. The molecule has 0 bridgehead atoms. The Morgan fingerprint density at radius 3 is 1.59 bits per heavy atom. The maximum absolute atomic E-state index is 6.32. The molecule has 0 heterocycles. The number of nitrogens with two attached hydrogens (primary N) is 1. The van der Waals surface area contributed by atoms with Crippen LogP contribution in [0, 0.1) is 5.41 Å². The first-order valence-corrected chi connectivity index (χ1v) is 7.36. The summed E-state index contributed by atoms with van der Waals surface area (Å²) in [6.45, 7) is 9.18. The van der Waals surface area contributed by atoms with Crippen molar-refractivity contribution in [2.45, 2.75) is 91.5 Å². The molecule has 0 aliphatic carbocycles. The highest BCUT2D eigenvalue weighted by molar-refractivity contribution is 4.84. The van der Waals surface area contributed by atoms with Gasteiger partial charge in [0.2, 0.25) is 0 Å². The van der Waals surface area contributed by atoms with Gasteiger partial charge >= 0.3 is 0 Å². The molecule has 1 unspecified atom stereocenters. The van der Waals surface area contributed by atoms with E-state index >= 15 is 0 Å². The van der Waals surface area contributed by atoms with Gasteiger partial charge in [0.15, 0.2) is 0 Å². The summed E-state index contributed by atoms with van der Waals surface area (Å²) >= 11 is 0. The Morgan fingerprint density at radius 1 is 0.882 bits per heavy atom. The lowest BCUT2D eigenvalue weighted by Gasteiger charge is -2.35. The highest BCUT2D eigenvalue weighted by Gasteiger charge is 2.29. The van der Waals surface area contributed by atoms with Crippen LogP contribution in [0.15, 0.2) is 0 Å². The van der Waals surface area contributed by atoms with Crippen molar-refractivity contribution in [2.75, 3.05) is 0 Å². The summed E-state index contributed by atoms with van der Waals surface area (Å²) in [4.78, 5) is 0. The normalized spacial score (nSPS) is 13.2. The summed E-state index contributed by atoms with van der Waals surface area (Å²) in [5.41, 5.74) is 6.70. The quantitative estimate of drug-likeness (QED) is 0.580. The van der Waals surface area contributed by atoms with Crippen molar-refractivity contribution < 1.29 is 5.48 Å². The number of hydrogen-bond acceptors (Lipinski definition) is 1. The third-order valence-electron chi connectivity index (χ3n) is 4.04. The Balaban J connectivity index is 0. The third kappa shape index (κ3) is 7.77. The van der Waals surface area contributed by atoms with Gasteiger partial charge in [0.25, 0.3) is 0 Å². The van der Waals surface area contributed by atoms with E-state index in [0.29, 0.717) is 11.5 Å². The van der Waals surface area contributed by atoms with E-state index < -0.39 is 0 Å². The molecule has 0 amide bonds. The van der Waals surface area contributed by atoms with Crippen LogP contribution in [0.5, 0.6) is 0 Å². The minimum absolute atomic E-state index is 0. The minimum atomic E-state index is 0. The van der Waals surface area contributed by atoms with Crippen LogP contribution in [0.3, 0.4) is 0 Å². The summed E-state index contributed by atoms with van der Waals surface area (Å²) in [7, 11) is 0. The second kappa shape index (κ2) is 11.0. The van der Waals surface area contributed by atoms with Gasteiger partial charge in [0, 0.05) is 6.04 Å². The van der Waals surface area contributed by atoms with Crippen LogP contribution >= 0.6 is 0 Å². The molecule has 17 heavy (non-hydrogen) atoms. The van der Waals surface area contributed by atoms with Crippen molar-refractivity contribution in [3.63, 3.8) is 0 Å². The zero-order valence-electron chi connectivity index (χ0n) is 12.5. The van der Waals surface area contributed by atoms with Gasteiger partial charge < -0.3 is 11.2 Å². The fourth-order valence-electron chi connectivity index (χ4n) is 2.55. The number of rotatable bonds is 10. The van der Waals surface area contributed by atoms with Gasteiger partial charge in [-0.25, -0.2) is 0 Å². The van der Waals surface area contributed by atoms with Gasteiger partial charge in [-0.2, -0.15) is 0 Å². The minimum Gasteiger partial charge on any atom is -0.412 e. The second-order valence-corrected chi connectivity index (χ2v) is 5.58. The zero-order valence-corrected chi connectivity index (χ0v) is 12.5. The van der Waals surface area contributed by atoms with Crippen LogP contribution in [0.25, 0.3) is 0 Å². The zero-order chi connectivity index (χ0) is 12.4. The highest BCUT2D eigenvalue weighted by Crippen LogP contribution is 2.35. The lowest BCUT2D eigenvalue weighted by molar-refractivity contribution is 0.194. The highest BCUT2D eigenvalue weighted by atomic mass is 16.0. The first kappa shape index (κ1) is 19.3. The Morgan fingerprint density at radius 2 is 1.29 bits per heavy atom. The lowest BCUT2D eigenvalue weighted by atomic mass is 9.73. The smallest absolute Gasteiger partial charge is 0.00902 e. The van der Waals surface area contributed by atoms with Gasteiger partial charge in [-0.05, 0) is 24.7 Å². The molecule has 0 radical (unpaired) electrons. The first-order chi connectivity index (χ1) is 7.60. The lowest BCUT2D eigenvalue weighted by Crippen LogP contribution is -2.39. The largest absolute Gasteiger partial charge is 0.412 e. The summed E-state index contributed by atoms with van der Waals surface area (Å²) in [5.74, 6) is 0. The fourth-order valence-corrected chi connectivity index (χ4v) is 2.55. The summed E-state index contributed by atoms with van der Waals surface area (Å²) in [5, 5.41) is 0. The Kier molecular flexibility index (Phi) is 12.5. The van der Waals surface area contributed by atoms with Gasteiger partial charge in [-0.1, -0.05) is 66.2 Å². The van der Waals surface area contributed by atoms with Crippen molar-refractivity contribution in [2.24, 2.45) is 11.1 Å². The van der Waals surface area contributed by atoms with E-state index in [1.165, 1.54) is 51.4 Å². The van der Waals surface area contributed by atoms with Crippen LogP contribution in [0.4, 0.5) is 0 Å². The summed E-state index contributed by atoms with van der Waals surface area (Å²) < 4.78 is 0. The molecule has 0 saturated heterocycles. The van der Waals surface area contributed by atoms with Gasteiger partial charge in [-0.15, -0.1) is 0 Å².